The highest BCUT2D eigenvalue weighted by atomic mass is 16.5. The maximum absolute atomic E-state index is 11.1. The second-order valence-electron chi connectivity index (χ2n) is 5.30. The molecule has 1 unspecified atom stereocenters. The zero-order valence-electron chi connectivity index (χ0n) is 12.4. The maximum atomic E-state index is 11.1. The number of fused-ring (bicyclic) bond motifs is 1. The lowest BCUT2D eigenvalue weighted by molar-refractivity contribution is 0.0697. The Morgan fingerprint density at radius 3 is 2.67 bits per heavy atom. The number of hydrogen-bond acceptors (Lipinski definition) is 4. The first-order valence-electron chi connectivity index (χ1n) is 6.84. The molecule has 114 valence electrons. The van der Waals surface area contributed by atoms with Crippen LogP contribution in [0, 0.1) is 0 Å². The van der Waals surface area contributed by atoms with E-state index in [0.717, 1.165) is 11.3 Å². The number of carbonyl (C=O) groups is 1. The van der Waals surface area contributed by atoms with Crippen molar-refractivity contribution in [2.24, 2.45) is 0 Å². The summed E-state index contributed by atoms with van der Waals surface area (Å²) in [6.07, 6.45) is 0. The van der Waals surface area contributed by atoms with Gasteiger partial charge in [0, 0.05) is 13.0 Å². The molecule has 6 nitrogen and oxygen atoms in total. The van der Waals surface area contributed by atoms with Crippen LogP contribution in [-0.4, -0.2) is 46.1 Å². The summed E-state index contributed by atoms with van der Waals surface area (Å²) in [5.74, 6) is -0.0200. The van der Waals surface area contributed by atoms with Crippen LogP contribution in [-0.2, 0) is 4.74 Å². The predicted octanol–water partition coefficient (Wildman–Crippen LogP) is 2.04. The molecule has 2 aromatic rings. The number of nitrogens with zero attached hydrogens (tertiary/aromatic N) is 2. The topological polar surface area (TPSA) is 84.6 Å². The summed E-state index contributed by atoms with van der Waals surface area (Å²) in [5.41, 5.74) is 1.63. The monoisotopic (exact) mass is 292 g/mol. The number of imidazole rings is 1. The molecule has 0 bridgehead atoms. The molecule has 0 aliphatic rings. The number of carboxylic acid groups (broad SMARTS) is 1. The van der Waals surface area contributed by atoms with Crippen molar-refractivity contribution in [2.75, 3.05) is 20.3 Å². The van der Waals surface area contributed by atoms with Gasteiger partial charge in [0.15, 0.2) is 0 Å². The fourth-order valence-corrected chi connectivity index (χ4v) is 2.44. The van der Waals surface area contributed by atoms with Crippen LogP contribution in [0.25, 0.3) is 11.0 Å². The minimum atomic E-state index is -0.979. The standard InChI is InChI=1S/C15H20N2O4/c1-9(2)14-16-12-6-10(15(19)20)4-5-13(12)17(14)11(7-18)8-21-3/h4-6,9,11,18H,7-8H2,1-3H3,(H,19,20). The molecule has 6 heteroatoms. The van der Waals surface area contributed by atoms with E-state index < -0.39 is 5.97 Å². The van der Waals surface area contributed by atoms with Crippen molar-refractivity contribution in [3.8, 4) is 0 Å². The zero-order valence-corrected chi connectivity index (χ0v) is 12.4. The summed E-state index contributed by atoms with van der Waals surface area (Å²) in [6, 6.07) is 4.60. The third kappa shape index (κ3) is 2.91. The molecule has 0 saturated carbocycles. The first-order chi connectivity index (χ1) is 9.99. The molecule has 0 spiro atoms. The van der Waals surface area contributed by atoms with E-state index in [1.54, 1.807) is 25.3 Å². The van der Waals surface area contributed by atoms with Crippen molar-refractivity contribution >= 4 is 17.0 Å². The number of benzene rings is 1. The Labute approximate surface area is 123 Å². The number of methoxy groups -OCH3 is 1. The van der Waals surface area contributed by atoms with Gasteiger partial charge in [0.25, 0.3) is 0 Å². The minimum Gasteiger partial charge on any atom is -0.478 e. The highest BCUT2D eigenvalue weighted by molar-refractivity contribution is 5.92. The molecule has 1 aromatic heterocycles. The number of hydrogen-bond donors (Lipinski definition) is 2. The molecule has 21 heavy (non-hydrogen) atoms. The number of aliphatic hydroxyl groups excluding tert-OH is 1. The summed E-state index contributed by atoms with van der Waals surface area (Å²) in [5, 5.41) is 18.7. The van der Waals surface area contributed by atoms with Gasteiger partial charge in [0.2, 0.25) is 0 Å². The second kappa shape index (κ2) is 6.24. The van der Waals surface area contributed by atoms with E-state index in [0.29, 0.717) is 12.1 Å². The summed E-state index contributed by atoms with van der Waals surface area (Å²) in [4.78, 5) is 15.6. The molecule has 0 aliphatic heterocycles. The van der Waals surface area contributed by atoms with Crippen molar-refractivity contribution in [1.29, 1.82) is 0 Å². The van der Waals surface area contributed by atoms with Gasteiger partial charge in [-0.15, -0.1) is 0 Å². The normalized spacial score (nSPS) is 13.0. The van der Waals surface area contributed by atoms with Gasteiger partial charge in [-0.3, -0.25) is 0 Å². The number of aromatic carboxylic acids is 1. The highest BCUT2D eigenvalue weighted by Crippen LogP contribution is 2.27. The fraction of sp³-hybridized carbons (Fsp3) is 0.467. The van der Waals surface area contributed by atoms with Gasteiger partial charge in [-0.1, -0.05) is 13.8 Å². The molecular weight excluding hydrogens is 272 g/mol. The smallest absolute Gasteiger partial charge is 0.335 e. The van der Waals surface area contributed by atoms with Gasteiger partial charge in [-0.2, -0.15) is 0 Å². The van der Waals surface area contributed by atoms with Crippen LogP contribution >= 0.6 is 0 Å². The third-order valence-electron chi connectivity index (χ3n) is 3.42. The number of rotatable bonds is 6. The fourth-order valence-electron chi connectivity index (χ4n) is 2.44. The molecular formula is C15H20N2O4. The van der Waals surface area contributed by atoms with Crippen LogP contribution in [0.1, 0.15) is 42.0 Å². The van der Waals surface area contributed by atoms with E-state index in [1.165, 1.54) is 0 Å². The van der Waals surface area contributed by atoms with Crippen LogP contribution in [0.5, 0.6) is 0 Å². The van der Waals surface area contributed by atoms with Gasteiger partial charge < -0.3 is 19.5 Å². The van der Waals surface area contributed by atoms with Crippen LogP contribution in [0.4, 0.5) is 0 Å². The molecule has 1 heterocycles. The lowest BCUT2D eigenvalue weighted by Crippen LogP contribution is -2.21. The Kier molecular flexibility index (Phi) is 4.59. The number of carboxylic acids is 1. The molecule has 0 fully saturated rings. The Hall–Kier alpha value is -1.92. The van der Waals surface area contributed by atoms with Gasteiger partial charge in [0.1, 0.15) is 5.82 Å². The third-order valence-corrected chi connectivity index (χ3v) is 3.42. The van der Waals surface area contributed by atoms with E-state index in [9.17, 15) is 9.90 Å². The van der Waals surface area contributed by atoms with Gasteiger partial charge in [0.05, 0.1) is 35.9 Å². The molecule has 0 saturated heterocycles. The van der Waals surface area contributed by atoms with E-state index in [1.807, 2.05) is 18.4 Å². The first kappa shape index (κ1) is 15.5. The average molecular weight is 292 g/mol. The van der Waals surface area contributed by atoms with Crippen LogP contribution in [0.2, 0.25) is 0 Å². The van der Waals surface area contributed by atoms with E-state index in [4.69, 9.17) is 9.84 Å². The predicted molar refractivity (Wildman–Crippen MR) is 78.8 cm³/mol. The van der Waals surface area contributed by atoms with Gasteiger partial charge in [-0.05, 0) is 18.2 Å². The lowest BCUT2D eigenvalue weighted by atomic mass is 10.2. The highest BCUT2D eigenvalue weighted by Gasteiger charge is 2.21. The molecule has 2 N–H and O–H groups in total. The van der Waals surface area contributed by atoms with Crippen molar-refractivity contribution in [3.63, 3.8) is 0 Å². The van der Waals surface area contributed by atoms with E-state index in [2.05, 4.69) is 4.98 Å². The summed E-state index contributed by atoms with van der Waals surface area (Å²) >= 11 is 0. The van der Waals surface area contributed by atoms with Crippen LogP contribution < -0.4 is 0 Å². The van der Waals surface area contributed by atoms with Crippen molar-refractivity contribution in [1.82, 2.24) is 9.55 Å². The minimum absolute atomic E-state index is 0.0697. The van der Waals surface area contributed by atoms with Crippen LogP contribution in [0.3, 0.4) is 0 Å². The van der Waals surface area contributed by atoms with Crippen molar-refractivity contribution < 1.29 is 19.7 Å². The largest absolute Gasteiger partial charge is 0.478 e. The Morgan fingerprint density at radius 1 is 1.43 bits per heavy atom. The number of aromatic nitrogens is 2. The molecule has 1 aromatic carbocycles. The summed E-state index contributed by atoms with van der Waals surface area (Å²) in [6.45, 7) is 4.32. The quantitative estimate of drug-likeness (QED) is 0.851. The Morgan fingerprint density at radius 2 is 2.14 bits per heavy atom. The maximum Gasteiger partial charge on any atom is 0.335 e. The zero-order chi connectivity index (χ0) is 15.6. The van der Waals surface area contributed by atoms with Gasteiger partial charge in [-0.25, -0.2) is 9.78 Å². The average Bonchev–Trinajstić information content (AvgIpc) is 2.83. The number of ether oxygens (including phenoxy) is 1. The molecule has 0 aliphatic carbocycles. The number of aliphatic hydroxyl groups is 1. The SMILES string of the molecule is COCC(CO)n1c(C(C)C)nc2cc(C(=O)O)ccc21. The molecule has 0 radical (unpaired) electrons. The Bertz CT molecular complexity index is 648. The summed E-state index contributed by atoms with van der Waals surface area (Å²) < 4.78 is 7.10. The molecule has 1 atom stereocenters. The molecule has 0 amide bonds. The van der Waals surface area contributed by atoms with Crippen molar-refractivity contribution in [3.05, 3.63) is 29.6 Å². The molecule has 2 rings (SSSR count). The van der Waals surface area contributed by atoms with E-state index >= 15 is 0 Å². The second-order valence-corrected chi connectivity index (χ2v) is 5.30. The van der Waals surface area contributed by atoms with E-state index in [-0.39, 0.29) is 24.1 Å². The van der Waals surface area contributed by atoms with Crippen molar-refractivity contribution in [2.45, 2.75) is 25.8 Å². The lowest BCUT2D eigenvalue weighted by Gasteiger charge is -2.20. The summed E-state index contributed by atoms with van der Waals surface area (Å²) in [7, 11) is 1.58. The first-order valence-corrected chi connectivity index (χ1v) is 6.84. The van der Waals surface area contributed by atoms with Gasteiger partial charge >= 0.3 is 5.97 Å². The van der Waals surface area contributed by atoms with Crippen LogP contribution in [0.15, 0.2) is 18.2 Å². The Balaban J connectivity index is 2.65.